The number of aromatic hydroxyl groups is 1. The predicted octanol–water partition coefficient (Wildman–Crippen LogP) is 3.27. The van der Waals surface area contributed by atoms with Crippen molar-refractivity contribution in [1.29, 1.82) is 0 Å². The van der Waals surface area contributed by atoms with Crippen LogP contribution in [0.3, 0.4) is 0 Å². The first-order valence-corrected chi connectivity index (χ1v) is 6.13. The summed E-state index contributed by atoms with van der Waals surface area (Å²) in [5, 5.41) is 9.36. The maximum absolute atomic E-state index is 12.1. The molecule has 0 saturated heterocycles. The summed E-state index contributed by atoms with van der Waals surface area (Å²) in [5.41, 5.74) is 0.451. The largest absolute Gasteiger partial charge is 0.508 e. The lowest BCUT2D eigenvalue weighted by Gasteiger charge is -2.08. The molecule has 1 N–H and O–H groups in total. The van der Waals surface area contributed by atoms with Gasteiger partial charge in [-0.25, -0.2) is 0 Å². The van der Waals surface area contributed by atoms with Crippen LogP contribution in [0, 0.1) is 5.92 Å². The van der Waals surface area contributed by atoms with Gasteiger partial charge in [0.15, 0.2) is 5.78 Å². The zero-order valence-electron chi connectivity index (χ0n) is 10.7. The molecule has 0 spiro atoms. The molecule has 0 aromatic heterocycles. The third kappa shape index (κ3) is 3.35. The number of carbonyl (C=O) groups is 1. The van der Waals surface area contributed by atoms with Crippen LogP contribution in [0.1, 0.15) is 16.8 Å². The summed E-state index contributed by atoms with van der Waals surface area (Å²) >= 11 is 0. The van der Waals surface area contributed by atoms with E-state index in [1.54, 1.807) is 12.1 Å². The average molecular weight is 256 g/mol. The molecule has 1 unspecified atom stereocenters. The number of methoxy groups -OCH3 is 1. The molecular formula is C16H16O3. The molecule has 1 aliphatic rings. The van der Waals surface area contributed by atoms with E-state index in [0.717, 1.165) is 6.42 Å². The Hall–Kier alpha value is -2.29. The van der Waals surface area contributed by atoms with Crippen molar-refractivity contribution < 1.29 is 14.6 Å². The van der Waals surface area contributed by atoms with Crippen LogP contribution >= 0.6 is 0 Å². The van der Waals surface area contributed by atoms with Gasteiger partial charge in [0.2, 0.25) is 0 Å². The van der Waals surface area contributed by atoms with Gasteiger partial charge >= 0.3 is 0 Å². The molecule has 19 heavy (non-hydrogen) atoms. The molecular weight excluding hydrogens is 240 g/mol. The van der Waals surface area contributed by atoms with Gasteiger partial charge in [-0.2, -0.15) is 0 Å². The molecule has 0 saturated carbocycles. The van der Waals surface area contributed by atoms with Crippen molar-refractivity contribution in [3.05, 3.63) is 60.2 Å². The zero-order valence-corrected chi connectivity index (χ0v) is 10.7. The molecule has 1 atom stereocenters. The van der Waals surface area contributed by atoms with E-state index in [0.29, 0.717) is 11.3 Å². The monoisotopic (exact) mass is 256 g/mol. The number of hydrogen-bond acceptors (Lipinski definition) is 3. The second kappa shape index (κ2) is 6.05. The summed E-state index contributed by atoms with van der Waals surface area (Å²) in [7, 11) is 1.48. The topological polar surface area (TPSA) is 46.5 Å². The van der Waals surface area contributed by atoms with Crippen LogP contribution < -0.4 is 4.74 Å². The van der Waals surface area contributed by atoms with E-state index >= 15 is 0 Å². The molecule has 0 fully saturated rings. The highest BCUT2D eigenvalue weighted by Gasteiger charge is 2.11. The molecule has 0 radical (unpaired) electrons. The number of rotatable bonds is 4. The number of ether oxygens (including phenoxy) is 1. The van der Waals surface area contributed by atoms with E-state index in [4.69, 9.17) is 4.74 Å². The number of benzene rings is 1. The maximum Gasteiger partial charge on any atom is 0.189 e. The highest BCUT2D eigenvalue weighted by Crippen LogP contribution is 2.24. The van der Waals surface area contributed by atoms with Crippen LogP contribution in [0.5, 0.6) is 11.5 Å². The minimum absolute atomic E-state index is 0.0812. The lowest BCUT2D eigenvalue weighted by Crippen LogP contribution is -2.00. The van der Waals surface area contributed by atoms with Gasteiger partial charge in [0.1, 0.15) is 11.5 Å². The molecule has 2 rings (SSSR count). The summed E-state index contributed by atoms with van der Waals surface area (Å²) in [6, 6.07) is 4.48. The fourth-order valence-electron chi connectivity index (χ4n) is 1.93. The molecule has 1 aromatic rings. The van der Waals surface area contributed by atoms with Gasteiger partial charge < -0.3 is 9.84 Å². The predicted molar refractivity (Wildman–Crippen MR) is 74.5 cm³/mol. The Labute approximate surface area is 112 Å². The van der Waals surface area contributed by atoms with Crippen molar-refractivity contribution in [2.24, 2.45) is 5.92 Å². The number of hydrogen-bond donors (Lipinski definition) is 1. The van der Waals surface area contributed by atoms with Crippen LogP contribution in [-0.2, 0) is 0 Å². The normalized spacial score (nSPS) is 17.8. The number of allylic oxidation sites excluding steroid dienone is 6. The molecule has 98 valence electrons. The van der Waals surface area contributed by atoms with Gasteiger partial charge in [-0.1, -0.05) is 30.4 Å². The first-order valence-electron chi connectivity index (χ1n) is 6.13. The summed E-state index contributed by atoms with van der Waals surface area (Å²) in [5.74, 6) is 0.600. The van der Waals surface area contributed by atoms with Gasteiger partial charge in [0, 0.05) is 6.07 Å². The average Bonchev–Trinajstić information content (AvgIpc) is 2.45. The lowest BCUT2D eigenvalue weighted by molar-refractivity contribution is 0.104. The third-order valence-corrected chi connectivity index (χ3v) is 2.96. The zero-order chi connectivity index (χ0) is 13.7. The van der Waals surface area contributed by atoms with E-state index < -0.39 is 0 Å². The Balaban J connectivity index is 2.13. The van der Waals surface area contributed by atoms with Gasteiger partial charge in [-0.3, -0.25) is 4.79 Å². The van der Waals surface area contributed by atoms with Crippen LogP contribution in [0.4, 0.5) is 0 Å². The highest BCUT2D eigenvalue weighted by atomic mass is 16.5. The molecule has 1 aromatic carbocycles. The Morgan fingerprint density at radius 1 is 1.42 bits per heavy atom. The van der Waals surface area contributed by atoms with E-state index in [-0.39, 0.29) is 17.5 Å². The third-order valence-electron chi connectivity index (χ3n) is 2.96. The Bertz CT molecular complexity index is 553. The fraction of sp³-hybridized carbons (Fsp3) is 0.188. The van der Waals surface area contributed by atoms with Crippen molar-refractivity contribution in [3.8, 4) is 11.5 Å². The fourth-order valence-corrected chi connectivity index (χ4v) is 1.93. The quantitative estimate of drug-likeness (QED) is 0.664. The maximum atomic E-state index is 12.1. The smallest absolute Gasteiger partial charge is 0.189 e. The van der Waals surface area contributed by atoms with Crippen LogP contribution in [-0.4, -0.2) is 18.0 Å². The Kier molecular flexibility index (Phi) is 4.18. The molecule has 3 nitrogen and oxygen atoms in total. The summed E-state index contributed by atoms with van der Waals surface area (Å²) in [6.45, 7) is 0. The number of carbonyl (C=O) groups excluding carboxylic acids is 1. The number of phenolic OH excluding ortho intramolecular Hbond substituents is 1. The number of phenols is 1. The van der Waals surface area contributed by atoms with E-state index in [1.807, 2.05) is 18.2 Å². The standard InChI is InChI=1S/C16H16O3/c1-19-16-11-13(17)8-9-14(16)15(18)10-7-12-5-3-2-4-6-12/h2-5,7-12,17H,6H2,1H3. The highest BCUT2D eigenvalue weighted by molar-refractivity contribution is 6.06. The van der Waals surface area contributed by atoms with Crippen molar-refractivity contribution >= 4 is 5.78 Å². The van der Waals surface area contributed by atoms with Crippen molar-refractivity contribution in [2.45, 2.75) is 6.42 Å². The summed E-state index contributed by atoms with van der Waals surface area (Å²) in [6.07, 6.45) is 12.4. The van der Waals surface area contributed by atoms with Gasteiger partial charge in [-0.05, 0) is 30.5 Å². The molecule has 3 heteroatoms. The molecule has 0 amide bonds. The minimum Gasteiger partial charge on any atom is -0.508 e. The Morgan fingerprint density at radius 3 is 2.95 bits per heavy atom. The number of ketones is 1. The van der Waals surface area contributed by atoms with Crippen LogP contribution in [0.25, 0.3) is 0 Å². The molecule has 0 heterocycles. The van der Waals surface area contributed by atoms with Gasteiger partial charge in [-0.15, -0.1) is 0 Å². The Morgan fingerprint density at radius 2 is 2.26 bits per heavy atom. The SMILES string of the molecule is COc1cc(O)ccc1C(=O)C=CC1C=CC=CC1. The van der Waals surface area contributed by atoms with Gasteiger partial charge in [0.25, 0.3) is 0 Å². The van der Waals surface area contributed by atoms with E-state index in [1.165, 1.54) is 19.2 Å². The second-order valence-corrected chi connectivity index (χ2v) is 4.32. The molecule has 1 aliphatic carbocycles. The van der Waals surface area contributed by atoms with Crippen molar-refractivity contribution in [2.75, 3.05) is 7.11 Å². The first-order chi connectivity index (χ1) is 9.20. The van der Waals surface area contributed by atoms with Gasteiger partial charge in [0.05, 0.1) is 12.7 Å². The lowest BCUT2D eigenvalue weighted by atomic mass is 9.99. The van der Waals surface area contributed by atoms with E-state index in [9.17, 15) is 9.90 Å². The molecule has 0 aliphatic heterocycles. The van der Waals surface area contributed by atoms with E-state index in [2.05, 4.69) is 12.2 Å². The van der Waals surface area contributed by atoms with Crippen LogP contribution in [0.15, 0.2) is 54.7 Å². The van der Waals surface area contributed by atoms with Crippen LogP contribution in [0.2, 0.25) is 0 Å². The summed E-state index contributed by atoms with van der Waals surface area (Å²) in [4.78, 5) is 12.1. The van der Waals surface area contributed by atoms with Crippen molar-refractivity contribution in [1.82, 2.24) is 0 Å². The summed E-state index contributed by atoms with van der Waals surface area (Å²) < 4.78 is 5.10. The molecule has 0 bridgehead atoms. The second-order valence-electron chi connectivity index (χ2n) is 4.32. The van der Waals surface area contributed by atoms with Crippen molar-refractivity contribution in [3.63, 3.8) is 0 Å². The first kappa shape index (κ1) is 13.1. The minimum atomic E-state index is -0.125.